The quantitative estimate of drug-likeness (QED) is 0.347. The first-order chi connectivity index (χ1) is 5.56. The van der Waals surface area contributed by atoms with Crippen LogP contribution in [0, 0.1) is 0 Å². The minimum Gasteiger partial charge on any atom is -1.00 e. The van der Waals surface area contributed by atoms with Gasteiger partial charge >= 0.3 is 39.9 Å². The maximum absolute atomic E-state index is 9.31. The Balaban J connectivity index is -0.000000151. The summed E-state index contributed by atoms with van der Waals surface area (Å²) in [5, 5.41) is 0. The number of benzene rings is 1. The van der Waals surface area contributed by atoms with Gasteiger partial charge in [-0.15, -0.1) is 4.24 Å². The summed E-state index contributed by atoms with van der Waals surface area (Å²) in [6.07, 6.45) is 0. The number of halogens is 1. The summed E-state index contributed by atoms with van der Waals surface area (Å²) in [5.74, 6) is 0. The molecule has 1 aromatic rings. The molecule has 0 aliphatic rings. The molecule has 0 amide bonds. The molecule has 0 radical (unpaired) electrons. The van der Waals surface area contributed by atoms with Crippen molar-refractivity contribution < 1.29 is 44.0 Å². The van der Waals surface area contributed by atoms with E-state index in [1.807, 2.05) is 36.4 Å². The minimum atomic E-state index is -4.15. The fourth-order valence-corrected chi connectivity index (χ4v) is 0.385. The molecule has 0 aromatic heterocycles. The molecule has 1 rings (SSSR count). The van der Waals surface area contributed by atoms with Gasteiger partial charge in [0, 0.05) is 0 Å². The van der Waals surface area contributed by atoms with Crippen LogP contribution in [0.15, 0.2) is 36.4 Å². The molecule has 7 heteroatoms. The third-order valence-electron chi connectivity index (χ3n) is 0.764. The van der Waals surface area contributed by atoms with Crippen molar-refractivity contribution in [2.24, 2.45) is 0 Å². The first-order valence-corrected chi connectivity index (χ1v) is 4.73. The average Bonchev–Trinajstić information content (AvgIpc) is 2.07. The zero-order valence-electron chi connectivity index (χ0n) is 8.01. The van der Waals surface area contributed by atoms with Crippen molar-refractivity contribution in [2.45, 2.75) is 0 Å². The fourth-order valence-electron chi connectivity index (χ4n) is 0.385. The Hall–Kier alpha value is 0.380. The molecular weight excluding hydrogens is 225 g/mol. The summed E-state index contributed by atoms with van der Waals surface area (Å²) in [6.45, 7) is 0. The zero-order valence-corrected chi connectivity index (χ0v) is 10.6. The molecule has 0 aliphatic heterocycles. The molecule has 13 heavy (non-hydrogen) atoms. The largest absolute Gasteiger partial charge is 1.00 e. The van der Waals surface area contributed by atoms with Gasteiger partial charge in [0.15, 0.2) is 0 Å². The molecule has 2 N–H and O–H groups in total. The van der Waals surface area contributed by atoms with Gasteiger partial charge in [0.05, 0.1) is 0 Å². The summed E-state index contributed by atoms with van der Waals surface area (Å²) in [6, 6.07) is 12.0. The molecule has 0 saturated heterocycles. The van der Waals surface area contributed by atoms with Crippen LogP contribution in [0.25, 0.3) is 0 Å². The van der Waals surface area contributed by atoms with E-state index in [-0.39, 0.29) is 31.0 Å². The maximum atomic E-state index is 9.31. The van der Waals surface area contributed by atoms with Crippen molar-refractivity contribution in [1.82, 2.24) is 4.24 Å². The van der Waals surface area contributed by atoms with Gasteiger partial charge in [0.1, 0.15) is 0 Å². The fraction of sp³-hybridized carbons (Fsp3) is 0. The van der Waals surface area contributed by atoms with Gasteiger partial charge in [0.25, 0.3) is 0 Å². The van der Waals surface area contributed by atoms with Crippen LogP contribution in [0.1, 0.15) is 1.43 Å². The summed E-state index contributed by atoms with van der Waals surface area (Å²) < 4.78 is 27.3. The SMILES string of the molecule is O=S(=O)(O)NCl.[H-].[Na+].c1ccccc1. The number of rotatable bonds is 1. The molecular formula is C6H9ClNNaO3S. The molecule has 0 atom stereocenters. The third-order valence-corrected chi connectivity index (χ3v) is 1.54. The maximum Gasteiger partial charge on any atom is 1.00 e. The molecule has 0 aliphatic carbocycles. The van der Waals surface area contributed by atoms with Crippen LogP contribution in [0.3, 0.4) is 0 Å². The summed E-state index contributed by atoms with van der Waals surface area (Å²) in [5.41, 5.74) is 0. The topological polar surface area (TPSA) is 66.4 Å². The Bertz CT molecular complexity index is 270. The second-order valence-electron chi connectivity index (χ2n) is 1.71. The Morgan fingerprint density at radius 3 is 1.31 bits per heavy atom. The van der Waals surface area contributed by atoms with Crippen LogP contribution in [0.5, 0.6) is 0 Å². The van der Waals surface area contributed by atoms with Crippen molar-refractivity contribution in [3.8, 4) is 0 Å². The van der Waals surface area contributed by atoms with Crippen molar-refractivity contribution in [3.05, 3.63) is 36.4 Å². The van der Waals surface area contributed by atoms with Crippen molar-refractivity contribution in [3.63, 3.8) is 0 Å². The summed E-state index contributed by atoms with van der Waals surface area (Å²) in [7, 11) is -4.15. The van der Waals surface area contributed by atoms with Gasteiger partial charge in [-0.1, -0.05) is 36.4 Å². The predicted molar refractivity (Wildman–Crippen MR) is 48.1 cm³/mol. The van der Waals surface area contributed by atoms with E-state index in [9.17, 15) is 8.42 Å². The van der Waals surface area contributed by atoms with Crippen molar-refractivity contribution in [1.29, 1.82) is 0 Å². The molecule has 0 spiro atoms. The van der Waals surface area contributed by atoms with E-state index in [1.54, 1.807) is 0 Å². The second-order valence-corrected chi connectivity index (χ2v) is 3.27. The standard InChI is InChI=1S/C6H6.ClH2NO3S.Na.H/c1-2-4-6-5-3-1;1-2-6(3,4)5;;/h1-6H;2H,(H,3,4,5);;/q;;+1;-1. The van der Waals surface area contributed by atoms with Crippen LogP contribution >= 0.6 is 11.8 Å². The van der Waals surface area contributed by atoms with E-state index in [0.717, 1.165) is 4.24 Å². The van der Waals surface area contributed by atoms with E-state index in [4.69, 9.17) is 4.55 Å². The number of hydrogen-bond acceptors (Lipinski definition) is 2. The van der Waals surface area contributed by atoms with E-state index in [1.165, 1.54) is 0 Å². The first-order valence-electron chi connectivity index (χ1n) is 2.91. The molecule has 4 nitrogen and oxygen atoms in total. The van der Waals surface area contributed by atoms with Crippen LogP contribution in [0.4, 0.5) is 0 Å². The van der Waals surface area contributed by atoms with Crippen LogP contribution in [-0.4, -0.2) is 13.0 Å². The molecule has 70 valence electrons. The van der Waals surface area contributed by atoms with Crippen molar-refractivity contribution >= 4 is 22.1 Å². The Kier molecular flexibility index (Phi) is 10.9. The summed E-state index contributed by atoms with van der Waals surface area (Å²) in [4.78, 5) is 0. The zero-order chi connectivity index (χ0) is 9.45. The normalized spacial score (nSPS) is 9.08. The van der Waals surface area contributed by atoms with Gasteiger partial charge < -0.3 is 1.43 Å². The molecule has 0 fully saturated rings. The molecule has 0 heterocycles. The van der Waals surface area contributed by atoms with Crippen LogP contribution in [0.2, 0.25) is 0 Å². The Morgan fingerprint density at radius 1 is 1.08 bits per heavy atom. The molecule has 0 bridgehead atoms. The van der Waals surface area contributed by atoms with Gasteiger partial charge in [-0.25, -0.2) is 0 Å². The van der Waals surface area contributed by atoms with Crippen molar-refractivity contribution in [2.75, 3.05) is 0 Å². The van der Waals surface area contributed by atoms with E-state index in [2.05, 4.69) is 11.8 Å². The average molecular weight is 234 g/mol. The van der Waals surface area contributed by atoms with Crippen LogP contribution in [-0.2, 0) is 10.3 Å². The van der Waals surface area contributed by atoms with E-state index < -0.39 is 10.3 Å². The number of nitrogens with one attached hydrogen (secondary N) is 1. The monoisotopic (exact) mass is 233 g/mol. The van der Waals surface area contributed by atoms with Gasteiger partial charge in [0.2, 0.25) is 0 Å². The second kappa shape index (κ2) is 8.96. The molecule has 0 unspecified atom stereocenters. The number of hydrogen-bond donors (Lipinski definition) is 2. The Labute approximate surface area is 106 Å². The van der Waals surface area contributed by atoms with Gasteiger partial charge in [-0.2, -0.15) is 8.42 Å². The van der Waals surface area contributed by atoms with Gasteiger partial charge in [-0.3, -0.25) is 4.55 Å². The van der Waals surface area contributed by atoms with E-state index >= 15 is 0 Å². The van der Waals surface area contributed by atoms with Gasteiger partial charge in [-0.05, 0) is 11.8 Å². The Morgan fingerprint density at radius 2 is 1.23 bits per heavy atom. The molecule has 1 aromatic carbocycles. The first kappa shape index (κ1) is 15.8. The minimum absolute atomic E-state index is 0. The summed E-state index contributed by atoms with van der Waals surface area (Å²) >= 11 is 4.39. The predicted octanol–water partition coefficient (Wildman–Crippen LogP) is -1.66. The smallest absolute Gasteiger partial charge is 1.00 e. The van der Waals surface area contributed by atoms with Crippen LogP contribution < -0.4 is 33.8 Å². The third kappa shape index (κ3) is 15.2. The van der Waals surface area contributed by atoms with E-state index in [0.29, 0.717) is 0 Å². The molecule has 0 saturated carbocycles.